The zero-order valence-corrected chi connectivity index (χ0v) is 10.3. The van der Waals surface area contributed by atoms with Crippen molar-refractivity contribution in [2.75, 3.05) is 20.2 Å². The van der Waals surface area contributed by atoms with Crippen molar-refractivity contribution < 1.29 is 9.53 Å². The lowest BCUT2D eigenvalue weighted by Gasteiger charge is -2.16. The highest BCUT2D eigenvalue weighted by Gasteiger charge is 2.23. The quantitative estimate of drug-likeness (QED) is 0.731. The molecule has 0 radical (unpaired) electrons. The molecule has 0 saturated carbocycles. The summed E-state index contributed by atoms with van der Waals surface area (Å²) in [6, 6.07) is 7.71. The second-order valence-corrected chi connectivity index (χ2v) is 4.30. The van der Waals surface area contributed by atoms with Crippen molar-refractivity contribution in [3.8, 4) is 0 Å². The normalized spacial score (nSPS) is 17.5. The van der Waals surface area contributed by atoms with E-state index >= 15 is 0 Å². The van der Waals surface area contributed by atoms with Crippen LogP contribution in [0.1, 0.15) is 22.3 Å². The summed E-state index contributed by atoms with van der Waals surface area (Å²) in [6.07, 6.45) is 2.65. The molecular formula is C14H17NO2. The molecule has 2 rings (SSSR count). The smallest absolute Gasteiger partial charge is 0.254 e. The van der Waals surface area contributed by atoms with Gasteiger partial charge in [0.05, 0.1) is 13.4 Å². The van der Waals surface area contributed by atoms with Crippen LogP contribution >= 0.6 is 0 Å². The van der Waals surface area contributed by atoms with Gasteiger partial charge in [-0.2, -0.15) is 0 Å². The summed E-state index contributed by atoms with van der Waals surface area (Å²) in [5, 5.41) is 0. The number of carbonyl (C=O) groups excluding carboxylic acids is 1. The Kier molecular flexibility index (Phi) is 3.47. The van der Waals surface area contributed by atoms with Crippen molar-refractivity contribution in [2.45, 2.75) is 13.3 Å². The highest BCUT2D eigenvalue weighted by atomic mass is 16.5. The topological polar surface area (TPSA) is 29.5 Å². The van der Waals surface area contributed by atoms with Crippen LogP contribution in [0.25, 0.3) is 0 Å². The molecule has 3 nitrogen and oxygen atoms in total. The van der Waals surface area contributed by atoms with Crippen LogP contribution in [0.3, 0.4) is 0 Å². The van der Waals surface area contributed by atoms with Crippen molar-refractivity contribution in [3.05, 3.63) is 47.2 Å². The van der Waals surface area contributed by atoms with Crippen LogP contribution < -0.4 is 0 Å². The maximum atomic E-state index is 12.3. The number of methoxy groups -OCH3 is 1. The third-order valence-corrected chi connectivity index (χ3v) is 3.04. The van der Waals surface area contributed by atoms with Gasteiger partial charge < -0.3 is 9.64 Å². The van der Waals surface area contributed by atoms with E-state index in [0.29, 0.717) is 6.54 Å². The monoisotopic (exact) mass is 231 g/mol. The van der Waals surface area contributed by atoms with Gasteiger partial charge in [0, 0.05) is 18.7 Å². The number of hydrogen-bond acceptors (Lipinski definition) is 2. The Balaban J connectivity index is 2.13. The Morgan fingerprint density at radius 3 is 2.88 bits per heavy atom. The van der Waals surface area contributed by atoms with Gasteiger partial charge in [0.15, 0.2) is 0 Å². The lowest BCUT2D eigenvalue weighted by Crippen LogP contribution is -2.28. The standard InChI is InChI=1S/C14H17NO2/c1-11-5-3-4-6-13(11)14(16)15-8-7-12(9-15)10-17-2/h3-6,10H,7-9H2,1-2H3. The molecule has 0 N–H and O–H groups in total. The van der Waals surface area contributed by atoms with E-state index in [9.17, 15) is 4.79 Å². The fraction of sp³-hybridized carbons (Fsp3) is 0.357. The number of hydrogen-bond donors (Lipinski definition) is 0. The van der Waals surface area contributed by atoms with E-state index in [1.165, 1.54) is 5.57 Å². The molecule has 1 heterocycles. The molecule has 1 amide bonds. The van der Waals surface area contributed by atoms with Crippen molar-refractivity contribution in [1.82, 2.24) is 4.90 Å². The molecule has 3 heteroatoms. The van der Waals surface area contributed by atoms with Crippen LogP contribution in [0, 0.1) is 6.92 Å². The highest BCUT2D eigenvalue weighted by Crippen LogP contribution is 2.19. The van der Waals surface area contributed by atoms with Crippen LogP contribution in [0.2, 0.25) is 0 Å². The zero-order chi connectivity index (χ0) is 12.3. The van der Waals surface area contributed by atoms with Gasteiger partial charge in [-0.3, -0.25) is 4.79 Å². The predicted molar refractivity (Wildman–Crippen MR) is 66.8 cm³/mol. The molecule has 0 unspecified atom stereocenters. The summed E-state index contributed by atoms with van der Waals surface area (Å²) in [5.74, 6) is 0.114. The number of carbonyl (C=O) groups is 1. The van der Waals surface area contributed by atoms with E-state index in [1.807, 2.05) is 36.1 Å². The molecule has 1 aromatic carbocycles. The third-order valence-electron chi connectivity index (χ3n) is 3.04. The average molecular weight is 231 g/mol. The number of amides is 1. The van der Waals surface area contributed by atoms with Gasteiger partial charge in [0.25, 0.3) is 5.91 Å². The molecule has 1 fully saturated rings. The van der Waals surface area contributed by atoms with Gasteiger partial charge in [-0.1, -0.05) is 18.2 Å². The molecule has 0 spiro atoms. The van der Waals surface area contributed by atoms with Crippen LogP contribution in [-0.2, 0) is 4.74 Å². The van der Waals surface area contributed by atoms with Crippen molar-refractivity contribution in [3.63, 3.8) is 0 Å². The first kappa shape index (κ1) is 11.7. The first-order valence-electron chi connectivity index (χ1n) is 5.78. The van der Waals surface area contributed by atoms with Crippen LogP contribution in [0.4, 0.5) is 0 Å². The number of aryl methyl sites for hydroxylation is 1. The highest BCUT2D eigenvalue weighted by molar-refractivity contribution is 5.96. The van der Waals surface area contributed by atoms with Crippen molar-refractivity contribution >= 4 is 5.91 Å². The summed E-state index contributed by atoms with van der Waals surface area (Å²) in [7, 11) is 1.64. The maximum Gasteiger partial charge on any atom is 0.254 e. The first-order valence-corrected chi connectivity index (χ1v) is 5.78. The van der Waals surface area contributed by atoms with Crippen molar-refractivity contribution in [1.29, 1.82) is 0 Å². The molecule has 17 heavy (non-hydrogen) atoms. The summed E-state index contributed by atoms with van der Waals surface area (Å²) in [6.45, 7) is 3.43. The lowest BCUT2D eigenvalue weighted by atomic mass is 10.1. The van der Waals surface area contributed by atoms with E-state index in [1.54, 1.807) is 13.4 Å². The minimum Gasteiger partial charge on any atom is -0.504 e. The summed E-state index contributed by atoms with van der Waals surface area (Å²) < 4.78 is 4.98. The summed E-state index contributed by atoms with van der Waals surface area (Å²) >= 11 is 0. The van der Waals surface area contributed by atoms with Crippen LogP contribution in [-0.4, -0.2) is 31.0 Å². The van der Waals surface area contributed by atoms with Gasteiger partial charge >= 0.3 is 0 Å². The SMILES string of the molecule is COC=C1CCN(C(=O)c2ccccc2C)C1. The Morgan fingerprint density at radius 2 is 2.18 bits per heavy atom. The average Bonchev–Trinajstić information content (AvgIpc) is 2.78. The van der Waals surface area contributed by atoms with Crippen LogP contribution in [0.15, 0.2) is 36.1 Å². The molecule has 0 aromatic heterocycles. The molecule has 0 atom stereocenters. The van der Waals surface area contributed by atoms with Crippen LogP contribution in [0.5, 0.6) is 0 Å². The van der Waals surface area contributed by atoms with Gasteiger partial charge in [0.1, 0.15) is 0 Å². The van der Waals surface area contributed by atoms with E-state index < -0.39 is 0 Å². The second kappa shape index (κ2) is 5.04. The number of ether oxygens (including phenoxy) is 1. The number of rotatable bonds is 2. The number of likely N-dealkylation sites (tertiary alicyclic amines) is 1. The van der Waals surface area contributed by atoms with Gasteiger partial charge in [-0.25, -0.2) is 0 Å². The Labute approximate surface area is 102 Å². The number of benzene rings is 1. The van der Waals surface area contributed by atoms with Gasteiger partial charge in [-0.05, 0) is 30.5 Å². The zero-order valence-electron chi connectivity index (χ0n) is 10.3. The fourth-order valence-corrected chi connectivity index (χ4v) is 2.10. The molecule has 1 aliphatic rings. The predicted octanol–water partition coefficient (Wildman–Crippen LogP) is 2.37. The van der Waals surface area contributed by atoms with Gasteiger partial charge in [-0.15, -0.1) is 0 Å². The van der Waals surface area contributed by atoms with E-state index in [4.69, 9.17) is 4.74 Å². The Morgan fingerprint density at radius 1 is 1.41 bits per heavy atom. The number of nitrogens with zero attached hydrogens (tertiary/aromatic N) is 1. The minimum atomic E-state index is 0.114. The Hall–Kier alpha value is -1.77. The molecule has 1 aromatic rings. The minimum absolute atomic E-state index is 0.114. The largest absolute Gasteiger partial charge is 0.504 e. The fourth-order valence-electron chi connectivity index (χ4n) is 2.10. The maximum absolute atomic E-state index is 12.3. The molecule has 1 aliphatic heterocycles. The molecular weight excluding hydrogens is 214 g/mol. The van der Waals surface area contributed by atoms with E-state index in [-0.39, 0.29) is 5.91 Å². The molecule has 0 aliphatic carbocycles. The Bertz CT molecular complexity index is 451. The second-order valence-electron chi connectivity index (χ2n) is 4.30. The summed E-state index contributed by atoms with van der Waals surface area (Å²) in [5.41, 5.74) is 3.00. The lowest BCUT2D eigenvalue weighted by molar-refractivity contribution is 0.0795. The molecule has 0 bridgehead atoms. The first-order chi connectivity index (χ1) is 8.22. The molecule has 1 saturated heterocycles. The molecule has 90 valence electrons. The van der Waals surface area contributed by atoms with E-state index in [2.05, 4.69) is 0 Å². The van der Waals surface area contributed by atoms with E-state index in [0.717, 1.165) is 24.1 Å². The van der Waals surface area contributed by atoms with Crippen molar-refractivity contribution in [2.24, 2.45) is 0 Å². The summed E-state index contributed by atoms with van der Waals surface area (Å²) in [4.78, 5) is 14.1. The third kappa shape index (κ3) is 2.49. The van der Waals surface area contributed by atoms with Gasteiger partial charge in [0.2, 0.25) is 0 Å².